The van der Waals surface area contributed by atoms with Crippen molar-refractivity contribution in [3.63, 3.8) is 0 Å². The molecule has 2 heterocycles. The summed E-state index contributed by atoms with van der Waals surface area (Å²) < 4.78 is 0. The Hall–Kier alpha value is -1.09. The second-order valence-corrected chi connectivity index (χ2v) is 4.86. The molecule has 1 aliphatic heterocycles. The standard InChI is InChI=1S/C13H21N3/c1-11-4-7-16(8-5-11)9-6-13-3-2-12(14)10-15-13/h2-3,10-11H,4-9,14H2,1H3. The molecule has 3 nitrogen and oxygen atoms in total. The molecule has 2 N–H and O–H groups in total. The maximum absolute atomic E-state index is 5.61. The van der Waals surface area contributed by atoms with Gasteiger partial charge in [-0.3, -0.25) is 4.98 Å². The van der Waals surface area contributed by atoms with Gasteiger partial charge < -0.3 is 10.6 Å². The lowest BCUT2D eigenvalue weighted by atomic mass is 9.99. The van der Waals surface area contributed by atoms with E-state index in [0.29, 0.717) is 0 Å². The summed E-state index contributed by atoms with van der Waals surface area (Å²) in [7, 11) is 0. The van der Waals surface area contributed by atoms with Crippen LogP contribution in [0.3, 0.4) is 0 Å². The van der Waals surface area contributed by atoms with E-state index in [-0.39, 0.29) is 0 Å². The Morgan fingerprint density at radius 3 is 2.75 bits per heavy atom. The average Bonchev–Trinajstić information content (AvgIpc) is 2.30. The quantitative estimate of drug-likeness (QED) is 0.844. The molecular formula is C13H21N3. The molecule has 1 aromatic heterocycles. The monoisotopic (exact) mass is 219 g/mol. The number of hydrogen-bond donors (Lipinski definition) is 1. The van der Waals surface area contributed by atoms with Crippen LogP contribution < -0.4 is 5.73 Å². The lowest BCUT2D eigenvalue weighted by Gasteiger charge is -2.29. The van der Waals surface area contributed by atoms with Gasteiger partial charge in [0.15, 0.2) is 0 Å². The lowest BCUT2D eigenvalue weighted by Crippen LogP contribution is -2.34. The summed E-state index contributed by atoms with van der Waals surface area (Å²) in [6, 6.07) is 3.96. The van der Waals surface area contributed by atoms with Crippen LogP contribution in [-0.4, -0.2) is 29.5 Å². The fourth-order valence-electron chi connectivity index (χ4n) is 2.14. The summed E-state index contributed by atoms with van der Waals surface area (Å²) >= 11 is 0. The molecule has 0 unspecified atom stereocenters. The number of aromatic nitrogens is 1. The first-order chi connectivity index (χ1) is 7.74. The molecule has 0 bridgehead atoms. The van der Waals surface area contributed by atoms with Crippen LogP contribution in [0.5, 0.6) is 0 Å². The molecular weight excluding hydrogens is 198 g/mol. The van der Waals surface area contributed by atoms with Crippen molar-refractivity contribution in [2.75, 3.05) is 25.4 Å². The van der Waals surface area contributed by atoms with Crippen molar-refractivity contribution >= 4 is 5.69 Å². The zero-order valence-corrected chi connectivity index (χ0v) is 10.0. The van der Waals surface area contributed by atoms with E-state index in [2.05, 4.69) is 16.8 Å². The molecule has 1 saturated heterocycles. The zero-order valence-electron chi connectivity index (χ0n) is 10.0. The molecule has 0 saturated carbocycles. The topological polar surface area (TPSA) is 42.1 Å². The SMILES string of the molecule is CC1CCN(CCc2ccc(N)cn2)CC1. The fraction of sp³-hybridized carbons (Fsp3) is 0.615. The Kier molecular flexibility index (Phi) is 3.78. The molecule has 3 heteroatoms. The number of pyridine rings is 1. The van der Waals surface area contributed by atoms with Crippen LogP contribution in [0.2, 0.25) is 0 Å². The highest BCUT2D eigenvalue weighted by Crippen LogP contribution is 2.16. The summed E-state index contributed by atoms with van der Waals surface area (Å²) in [6.45, 7) is 5.97. The number of nitrogens with zero attached hydrogens (tertiary/aromatic N) is 2. The highest BCUT2D eigenvalue weighted by atomic mass is 15.1. The minimum atomic E-state index is 0.746. The summed E-state index contributed by atoms with van der Waals surface area (Å²) in [6.07, 6.45) is 5.46. The first-order valence-electron chi connectivity index (χ1n) is 6.17. The third kappa shape index (κ3) is 3.20. The molecule has 0 radical (unpaired) electrons. The van der Waals surface area contributed by atoms with E-state index in [1.54, 1.807) is 6.20 Å². The van der Waals surface area contributed by atoms with Gasteiger partial charge in [-0.05, 0) is 44.0 Å². The van der Waals surface area contributed by atoms with Gasteiger partial charge in [-0.15, -0.1) is 0 Å². The molecule has 88 valence electrons. The normalized spacial score (nSPS) is 18.8. The number of hydrogen-bond acceptors (Lipinski definition) is 3. The summed E-state index contributed by atoms with van der Waals surface area (Å²) in [5.74, 6) is 0.908. The van der Waals surface area contributed by atoms with Gasteiger partial charge in [-0.25, -0.2) is 0 Å². The molecule has 0 atom stereocenters. The van der Waals surface area contributed by atoms with Crippen LogP contribution >= 0.6 is 0 Å². The van der Waals surface area contributed by atoms with E-state index in [4.69, 9.17) is 5.73 Å². The second kappa shape index (κ2) is 5.30. The highest BCUT2D eigenvalue weighted by molar-refractivity contribution is 5.34. The number of nitrogens with two attached hydrogens (primary N) is 1. The van der Waals surface area contributed by atoms with E-state index in [1.807, 2.05) is 12.1 Å². The average molecular weight is 219 g/mol. The Balaban J connectivity index is 1.77. The van der Waals surface area contributed by atoms with Crippen molar-refractivity contribution in [2.24, 2.45) is 5.92 Å². The van der Waals surface area contributed by atoms with Crippen molar-refractivity contribution in [1.29, 1.82) is 0 Å². The minimum Gasteiger partial charge on any atom is -0.397 e. The number of nitrogen functional groups attached to an aromatic ring is 1. The van der Waals surface area contributed by atoms with Crippen molar-refractivity contribution in [3.8, 4) is 0 Å². The first-order valence-corrected chi connectivity index (χ1v) is 6.17. The first kappa shape index (κ1) is 11.4. The van der Waals surface area contributed by atoms with Gasteiger partial charge in [0.2, 0.25) is 0 Å². The molecule has 1 aromatic rings. The lowest BCUT2D eigenvalue weighted by molar-refractivity contribution is 0.194. The molecule has 0 aliphatic carbocycles. The van der Waals surface area contributed by atoms with E-state index >= 15 is 0 Å². The molecule has 0 spiro atoms. The van der Waals surface area contributed by atoms with Gasteiger partial charge in [0, 0.05) is 18.7 Å². The van der Waals surface area contributed by atoms with E-state index in [1.165, 1.54) is 25.9 Å². The van der Waals surface area contributed by atoms with Crippen LogP contribution in [0, 0.1) is 5.92 Å². The third-order valence-corrected chi connectivity index (χ3v) is 3.41. The minimum absolute atomic E-state index is 0.746. The maximum atomic E-state index is 5.61. The smallest absolute Gasteiger partial charge is 0.0501 e. The van der Waals surface area contributed by atoms with Crippen LogP contribution in [0.15, 0.2) is 18.3 Å². The third-order valence-electron chi connectivity index (χ3n) is 3.41. The van der Waals surface area contributed by atoms with Crippen LogP contribution in [0.25, 0.3) is 0 Å². The predicted octanol–water partition coefficient (Wildman–Crippen LogP) is 1.94. The summed E-state index contributed by atoms with van der Waals surface area (Å²) in [4.78, 5) is 6.87. The van der Waals surface area contributed by atoms with Gasteiger partial charge in [0.05, 0.1) is 11.9 Å². The maximum Gasteiger partial charge on any atom is 0.0501 e. The van der Waals surface area contributed by atoms with Gasteiger partial charge in [0.25, 0.3) is 0 Å². The van der Waals surface area contributed by atoms with Crippen molar-refractivity contribution in [3.05, 3.63) is 24.0 Å². The molecule has 0 amide bonds. The van der Waals surface area contributed by atoms with Crippen LogP contribution in [-0.2, 0) is 6.42 Å². The second-order valence-electron chi connectivity index (χ2n) is 4.86. The van der Waals surface area contributed by atoms with Crippen LogP contribution in [0.1, 0.15) is 25.5 Å². The Bertz CT molecular complexity index is 312. The number of anilines is 1. The zero-order chi connectivity index (χ0) is 11.4. The Labute approximate surface area is 97.7 Å². The number of likely N-dealkylation sites (tertiary alicyclic amines) is 1. The van der Waals surface area contributed by atoms with Gasteiger partial charge in [-0.2, -0.15) is 0 Å². The Morgan fingerprint density at radius 1 is 1.38 bits per heavy atom. The van der Waals surface area contributed by atoms with Gasteiger partial charge >= 0.3 is 0 Å². The fourth-order valence-corrected chi connectivity index (χ4v) is 2.14. The molecule has 0 aromatic carbocycles. The van der Waals surface area contributed by atoms with Crippen molar-refractivity contribution in [1.82, 2.24) is 9.88 Å². The summed E-state index contributed by atoms with van der Waals surface area (Å²) in [5.41, 5.74) is 7.50. The number of piperidine rings is 1. The highest BCUT2D eigenvalue weighted by Gasteiger charge is 2.14. The van der Waals surface area contributed by atoms with E-state index in [0.717, 1.165) is 30.3 Å². The summed E-state index contributed by atoms with van der Waals surface area (Å²) in [5, 5.41) is 0. The van der Waals surface area contributed by atoms with Gasteiger partial charge in [-0.1, -0.05) is 6.92 Å². The molecule has 2 rings (SSSR count). The van der Waals surface area contributed by atoms with Crippen LogP contribution in [0.4, 0.5) is 5.69 Å². The number of rotatable bonds is 3. The predicted molar refractivity (Wildman–Crippen MR) is 67.2 cm³/mol. The Morgan fingerprint density at radius 2 is 2.12 bits per heavy atom. The van der Waals surface area contributed by atoms with E-state index in [9.17, 15) is 0 Å². The molecule has 1 aliphatic rings. The molecule has 16 heavy (non-hydrogen) atoms. The molecule has 1 fully saturated rings. The van der Waals surface area contributed by atoms with Gasteiger partial charge in [0.1, 0.15) is 0 Å². The largest absolute Gasteiger partial charge is 0.397 e. The van der Waals surface area contributed by atoms with E-state index < -0.39 is 0 Å². The van der Waals surface area contributed by atoms with Crippen molar-refractivity contribution in [2.45, 2.75) is 26.2 Å². The van der Waals surface area contributed by atoms with Crippen molar-refractivity contribution < 1.29 is 0 Å².